The molecule has 1 atom stereocenters. The summed E-state index contributed by atoms with van der Waals surface area (Å²) in [4.78, 5) is 1.68. The summed E-state index contributed by atoms with van der Waals surface area (Å²) < 4.78 is 0. The smallest absolute Gasteiger partial charge is 0.0965 e. The summed E-state index contributed by atoms with van der Waals surface area (Å²) in [5.74, 6) is 0. The monoisotopic (exact) mass is 220 g/mol. The maximum Gasteiger partial charge on any atom is 0.0965 e. The molecule has 16 heavy (non-hydrogen) atoms. The van der Waals surface area contributed by atoms with Gasteiger partial charge >= 0.3 is 0 Å². The second kappa shape index (κ2) is 4.89. The van der Waals surface area contributed by atoms with Crippen LogP contribution in [0.3, 0.4) is 0 Å². The summed E-state index contributed by atoms with van der Waals surface area (Å²) in [6.07, 6.45) is 5.50. The molecule has 6 heteroatoms. The van der Waals surface area contributed by atoms with Gasteiger partial charge in [0.15, 0.2) is 0 Å². The van der Waals surface area contributed by atoms with E-state index in [-0.39, 0.29) is 6.04 Å². The Morgan fingerprint density at radius 1 is 1.50 bits per heavy atom. The van der Waals surface area contributed by atoms with Crippen LogP contribution in [0.15, 0.2) is 18.6 Å². The fourth-order valence-corrected chi connectivity index (χ4v) is 1.44. The molecule has 2 N–H and O–H groups in total. The van der Waals surface area contributed by atoms with Crippen molar-refractivity contribution in [2.75, 3.05) is 0 Å². The molecule has 86 valence electrons. The van der Waals surface area contributed by atoms with Crippen molar-refractivity contribution in [3.05, 3.63) is 29.8 Å². The molecule has 0 fully saturated rings. The lowest BCUT2D eigenvalue weighted by Crippen LogP contribution is -2.18. The first kappa shape index (κ1) is 10.8. The minimum absolute atomic E-state index is 0.255. The molecule has 0 aromatic carbocycles. The Kier molecular flexibility index (Phi) is 3.31. The molecule has 0 aliphatic carbocycles. The number of aromatic amines is 1. The maximum atomic E-state index is 4.30. The van der Waals surface area contributed by atoms with Crippen LogP contribution in [-0.2, 0) is 13.1 Å². The van der Waals surface area contributed by atoms with Gasteiger partial charge in [-0.2, -0.15) is 20.1 Å². The molecular formula is C10H16N6. The molecule has 0 saturated heterocycles. The normalized spacial score (nSPS) is 12.9. The molecule has 0 radical (unpaired) electrons. The van der Waals surface area contributed by atoms with Gasteiger partial charge in [0.05, 0.1) is 24.6 Å². The Hall–Kier alpha value is -1.69. The first-order chi connectivity index (χ1) is 7.79. The number of nitrogens with one attached hydrogen (secondary N) is 2. The van der Waals surface area contributed by atoms with Crippen molar-refractivity contribution in [1.29, 1.82) is 0 Å². The van der Waals surface area contributed by atoms with E-state index in [4.69, 9.17) is 0 Å². The van der Waals surface area contributed by atoms with Crippen molar-refractivity contribution in [3.63, 3.8) is 0 Å². The van der Waals surface area contributed by atoms with Crippen molar-refractivity contribution in [2.45, 2.75) is 33.0 Å². The molecule has 0 amide bonds. The number of aryl methyl sites for hydroxylation is 1. The van der Waals surface area contributed by atoms with Crippen LogP contribution < -0.4 is 5.32 Å². The Morgan fingerprint density at radius 3 is 3.00 bits per heavy atom. The van der Waals surface area contributed by atoms with E-state index < -0.39 is 0 Å². The molecule has 1 unspecified atom stereocenters. The van der Waals surface area contributed by atoms with Crippen LogP contribution in [0.5, 0.6) is 0 Å². The summed E-state index contributed by atoms with van der Waals surface area (Å²) in [5, 5.41) is 18.5. The fraction of sp³-hybridized carbons (Fsp3) is 0.500. The second-order valence-corrected chi connectivity index (χ2v) is 3.66. The Labute approximate surface area is 94.1 Å². The van der Waals surface area contributed by atoms with Crippen LogP contribution in [0.2, 0.25) is 0 Å². The third-order valence-electron chi connectivity index (χ3n) is 2.48. The van der Waals surface area contributed by atoms with E-state index in [1.165, 1.54) is 0 Å². The van der Waals surface area contributed by atoms with Crippen LogP contribution >= 0.6 is 0 Å². The zero-order chi connectivity index (χ0) is 11.4. The van der Waals surface area contributed by atoms with Gasteiger partial charge in [0, 0.05) is 24.3 Å². The van der Waals surface area contributed by atoms with E-state index in [9.17, 15) is 0 Å². The molecule has 2 aromatic heterocycles. The van der Waals surface area contributed by atoms with Crippen molar-refractivity contribution < 1.29 is 0 Å². The summed E-state index contributed by atoms with van der Waals surface area (Å²) in [7, 11) is 0. The standard InChI is InChI=1S/C10H16N6/c1-3-16-14-7-10(15-16)6-11-8(2)9-4-12-13-5-9/h4-5,7-8,11H,3,6H2,1-2H3,(H,12,13). The van der Waals surface area contributed by atoms with E-state index in [0.29, 0.717) is 6.54 Å². The van der Waals surface area contributed by atoms with E-state index >= 15 is 0 Å². The van der Waals surface area contributed by atoms with Gasteiger partial charge in [-0.1, -0.05) is 0 Å². The van der Waals surface area contributed by atoms with E-state index in [0.717, 1.165) is 17.8 Å². The SMILES string of the molecule is CCn1ncc(CNC(C)c2cn[nH]c2)n1. The molecule has 0 saturated carbocycles. The molecule has 2 heterocycles. The van der Waals surface area contributed by atoms with E-state index in [1.54, 1.807) is 11.0 Å². The third kappa shape index (κ3) is 2.46. The van der Waals surface area contributed by atoms with Crippen molar-refractivity contribution >= 4 is 0 Å². The van der Waals surface area contributed by atoms with Crippen LogP contribution in [0.4, 0.5) is 0 Å². The average molecular weight is 220 g/mol. The van der Waals surface area contributed by atoms with Gasteiger partial charge in [0.1, 0.15) is 0 Å². The lowest BCUT2D eigenvalue weighted by molar-refractivity contribution is 0.538. The number of nitrogens with zero attached hydrogens (tertiary/aromatic N) is 4. The molecule has 0 aliphatic heterocycles. The highest BCUT2D eigenvalue weighted by atomic mass is 15.5. The zero-order valence-corrected chi connectivity index (χ0v) is 9.51. The highest BCUT2D eigenvalue weighted by Gasteiger charge is 2.06. The zero-order valence-electron chi connectivity index (χ0n) is 9.51. The van der Waals surface area contributed by atoms with Crippen LogP contribution in [0, 0.1) is 0 Å². The van der Waals surface area contributed by atoms with Crippen molar-refractivity contribution in [2.24, 2.45) is 0 Å². The maximum absolute atomic E-state index is 4.30. The van der Waals surface area contributed by atoms with Crippen LogP contribution in [0.1, 0.15) is 31.1 Å². The predicted octanol–water partition coefficient (Wildman–Crippen LogP) is 0.872. The fourth-order valence-electron chi connectivity index (χ4n) is 1.44. The number of rotatable bonds is 5. The summed E-state index contributed by atoms with van der Waals surface area (Å²) in [5.41, 5.74) is 2.10. The lowest BCUT2D eigenvalue weighted by atomic mass is 10.2. The minimum atomic E-state index is 0.255. The lowest BCUT2D eigenvalue weighted by Gasteiger charge is -2.09. The van der Waals surface area contributed by atoms with Gasteiger partial charge < -0.3 is 5.32 Å². The third-order valence-corrected chi connectivity index (χ3v) is 2.48. The van der Waals surface area contributed by atoms with Gasteiger partial charge in [-0.3, -0.25) is 5.10 Å². The van der Waals surface area contributed by atoms with Gasteiger partial charge in [-0.25, -0.2) is 0 Å². The topological polar surface area (TPSA) is 71.4 Å². The Balaban J connectivity index is 1.87. The van der Waals surface area contributed by atoms with Crippen molar-refractivity contribution in [3.8, 4) is 0 Å². The Bertz CT molecular complexity index is 418. The molecule has 2 aromatic rings. The molecule has 2 rings (SSSR count). The highest BCUT2D eigenvalue weighted by molar-refractivity contribution is 5.08. The summed E-state index contributed by atoms with van der Waals surface area (Å²) in [6, 6.07) is 0.255. The van der Waals surface area contributed by atoms with Gasteiger partial charge in [-0.15, -0.1) is 0 Å². The Morgan fingerprint density at radius 2 is 2.38 bits per heavy atom. The molecule has 6 nitrogen and oxygen atoms in total. The number of H-pyrrole nitrogens is 1. The highest BCUT2D eigenvalue weighted by Crippen LogP contribution is 2.09. The second-order valence-electron chi connectivity index (χ2n) is 3.66. The quantitative estimate of drug-likeness (QED) is 0.784. The largest absolute Gasteiger partial charge is 0.304 e. The number of hydrogen-bond acceptors (Lipinski definition) is 4. The molecule has 0 bridgehead atoms. The molecular weight excluding hydrogens is 204 g/mol. The van der Waals surface area contributed by atoms with Gasteiger partial charge in [0.25, 0.3) is 0 Å². The molecule has 0 spiro atoms. The number of aromatic nitrogens is 5. The van der Waals surface area contributed by atoms with Gasteiger partial charge in [0.2, 0.25) is 0 Å². The summed E-state index contributed by atoms with van der Waals surface area (Å²) >= 11 is 0. The first-order valence-electron chi connectivity index (χ1n) is 5.40. The first-order valence-corrected chi connectivity index (χ1v) is 5.40. The summed E-state index contributed by atoms with van der Waals surface area (Å²) in [6.45, 7) is 5.63. The van der Waals surface area contributed by atoms with E-state index in [2.05, 4.69) is 32.6 Å². The van der Waals surface area contributed by atoms with Crippen LogP contribution in [0.25, 0.3) is 0 Å². The van der Waals surface area contributed by atoms with E-state index in [1.807, 2.05) is 19.3 Å². The van der Waals surface area contributed by atoms with Crippen LogP contribution in [-0.4, -0.2) is 25.2 Å². The van der Waals surface area contributed by atoms with Crippen molar-refractivity contribution in [1.82, 2.24) is 30.5 Å². The molecule has 0 aliphatic rings. The minimum Gasteiger partial charge on any atom is -0.304 e. The predicted molar refractivity (Wildman–Crippen MR) is 59.5 cm³/mol. The van der Waals surface area contributed by atoms with Gasteiger partial charge in [-0.05, 0) is 13.8 Å². The average Bonchev–Trinajstić information content (AvgIpc) is 2.96. The number of hydrogen-bond donors (Lipinski definition) is 2.